The fraction of sp³-hybridized carbons (Fsp3) is 0.267. The highest BCUT2D eigenvalue weighted by molar-refractivity contribution is 5.86. The van der Waals surface area contributed by atoms with Crippen molar-refractivity contribution in [2.45, 2.75) is 25.7 Å². The van der Waals surface area contributed by atoms with Gasteiger partial charge in [0.05, 0.1) is 0 Å². The van der Waals surface area contributed by atoms with Gasteiger partial charge in [0, 0.05) is 5.69 Å². The van der Waals surface area contributed by atoms with Crippen LogP contribution in [0.4, 0.5) is 0 Å². The van der Waals surface area contributed by atoms with E-state index < -0.39 is 5.97 Å². The van der Waals surface area contributed by atoms with Gasteiger partial charge in [0.25, 0.3) is 0 Å². The highest BCUT2D eigenvalue weighted by Crippen LogP contribution is 2.27. The fourth-order valence-electron chi connectivity index (χ4n) is 2.59. The van der Waals surface area contributed by atoms with Crippen molar-refractivity contribution in [3.05, 3.63) is 47.2 Å². The highest BCUT2D eigenvalue weighted by Gasteiger charge is 2.12. The van der Waals surface area contributed by atoms with Gasteiger partial charge in [-0.1, -0.05) is 12.1 Å². The van der Waals surface area contributed by atoms with Crippen molar-refractivity contribution in [3.8, 4) is 11.3 Å². The summed E-state index contributed by atoms with van der Waals surface area (Å²) in [6.07, 6.45) is 4.83. The zero-order valence-electron chi connectivity index (χ0n) is 10.1. The monoisotopic (exact) mass is 241 g/mol. The number of rotatable bonds is 2. The maximum atomic E-state index is 10.8. The zero-order valence-corrected chi connectivity index (χ0v) is 10.1. The quantitative estimate of drug-likeness (QED) is 0.847. The van der Waals surface area contributed by atoms with Crippen molar-refractivity contribution >= 4 is 5.97 Å². The largest absolute Gasteiger partial charge is 0.477 e. The summed E-state index contributed by atoms with van der Waals surface area (Å²) in [7, 11) is 0. The average molecular weight is 241 g/mol. The van der Waals surface area contributed by atoms with E-state index in [-0.39, 0.29) is 5.69 Å². The van der Waals surface area contributed by atoms with Gasteiger partial charge >= 0.3 is 5.97 Å². The van der Waals surface area contributed by atoms with Crippen LogP contribution in [0.3, 0.4) is 0 Å². The van der Waals surface area contributed by atoms with Crippen LogP contribution in [0.5, 0.6) is 0 Å². The number of carboxylic acid groups (broad SMARTS) is 1. The first-order chi connectivity index (χ1) is 8.74. The number of hydrogen-bond donors (Lipinski definition) is 2. The van der Waals surface area contributed by atoms with E-state index in [1.54, 1.807) is 6.07 Å². The summed E-state index contributed by atoms with van der Waals surface area (Å²) in [5, 5.41) is 8.91. The molecule has 3 nitrogen and oxygen atoms in total. The van der Waals surface area contributed by atoms with E-state index in [9.17, 15) is 4.79 Å². The van der Waals surface area contributed by atoms with E-state index in [1.165, 1.54) is 30.4 Å². The van der Waals surface area contributed by atoms with Crippen LogP contribution in [-0.2, 0) is 12.8 Å². The van der Waals surface area contributed by atoms with E-state index in [4.69, 9.17) is 5.11 Å². The third-order valence-electron chi connectivity index (χ3n) is 3.58. The van der Waals surface area contributed by atoms with E-state index in [0.717, 1.165) is 17.7 Å². The number of carboxylic acids is 1. The lowest BCUT2D eigenvalue weighted by molar-refractivity contribution is 0.0691. The Balaban J connectivity index is 1.98. The first-order valence-corrected chi connectivity index (χ1v) is 6.28. The minimum atomic E-state index is -0.917. The van der Waals surface area contributed by atoms with Crippen molar-refractivity contribution in [1.82, 2.24) is 4.98 Å². The Morgan fingerprint density at radius 3 is 2.56 bits per heavy atom. The number of aromatic carboxylic acids is 1. The topological polar surface area (TPSA) is 53.1 Å². The lowest BCUT2D eigenvalue weighted by Gasteiger charge is -2.16. The van der Waals surface area contributed by atoms with Crippen LogP contribution in [-0.4, -0.2) is 16.1 Å². The minimum absolute atomic E-state index is 0.239. The molecule has 0 saturated heterocycles. The Hall–Kier alpha value is -2.03. The molecule has 0 atom stereocenters. The van der Waals surface area contributed by atoms with Gasteiger partial charge in [-0.05, 0) is 60.6 Å². The maximum Gasteiger partial charge on any atom is 0.352 e. The molecular formula is C15H15NO2. The number of H-pyrrole nitrogens is 1. The number of fused-ring (bicyclic) bond motifs is 1. The van der Waals surface area contributed by atoms with Crippen molar-refractivity contribution in [1.29, 1.82) is 0 Å². The molecule has 3 heteroatoms. The third-order valence-corrected chi connectivity index (χ3v) is 3.58. The van der Waals surface area contributed by atoms with Crippen molar-refractivity contribution < 1.29 is 9.90 Å². The van der Waals surface area contributed by atoms with Crippen LogP contribution in [0.25, 0.3) is 11.3 Å². The number of aromatic amines is 1. The minimum Gasteiger partial charge on any atom is -0.477 e. The molecule has 92 valence electrons. The highest BCUT2D eigenvalue weighted by atomic mass is 16.4. The molecule has 0 amide bonds. The number of aryl methyl sites for hydroxylation is 2. The normalized spacial score (nSPS) is 14.2. The standard InChI is InChI=1S/C15H15NO2/c17-15(18)14-8-7-13(16-14)12-6-5-10-3-1-2-4-11(10)9-12/h5-9,16H,1-4H2,(H,17,18). The van der Waals surface area contributed by atoms with Crippen molar-refractivity contribution in [2.24, 2.45) is 0 Å². The molecule has 2 N–H and O–H groups in total. The lowest BCUT2D eigenvalue weighted by Crippen LogP contribution is -2.02. The second-order valence-corrected chi connectivity index (χ2v) is 4.78. The van der Waals surface area contributed by atoms with Crippen molar-refractivity contribution in [2.75, 3.05) is 0 Å². The lowest BCUT2D eigenvalue weighted by atomic mass is 9.90. The van der Waals surface area contributed by atoms with Crippen molar-refractivity contribution in [3.63, 3.8) is 0 Å². The summed E-state index contributed by atoms with van der Waals surface area (Å²) in [6, 6.07) is 9.86. The van der Waals surface area contributed by atoms with Gasteiger partial charge in [0.2, 0.25) is 0 Å². The average Bonchev–Trinajstić information content (AvgIpc) is 2.88. The van der Waals surface area contributed by atoms with Crippen LogP contribution in [0.1, 0.15) is 34.5 Å². The Morgan fingerprint density at radius 2 is 1.83 bits per heavy atom. The Bertz CT molecular complexity index is 598. The summed E-state index contributed by atoms with van der Waals surface area (Å²) < 4.78 is 0. The molecule has 0 bridgehead atoms. The molecule has 3 rings (SSSR count). The SMILES string of the molecule is O=C(O)c1ccc(-c2ccc3c(c2)CCCC3)[nH]1. The number of aromatic nitrogens is 1. The number of hydrogen-bond acceptors (Lipinski definition) is 1. The summed E-state index contributed by atoms with van der Waals surface area (Å²) in [4.78, 5) is 13.8. The Labute approximate surface area is 105 Å². The van der Waals surface area contributed by atoms with Crippen LogP contribution in [0, 0.1) is 0 Å². The predicted molar refractivity (Wildman–Crippen MR) is 69.8 cm³/mol. The first-order valence-electron chi connectivity index (χ1n) is 6.28. The molecule has 1 aliphatic rings. The van der Waals surface area contributed by atoms with Crippen LogP contribution < -0.4 is 0 Å². The first kappa shape index (κ1) is 11.1. The molecule has 0 fully saturated rings. The van der Waals surface area contributed by atoms with E-state index in [2.05, 4.69) is 23.2 Å². The van der Waals surface area contributed by atoms with Gasteiger partial charge in [-0.2, -0.15) is 0 Å². The molecule has 0 unspecified atom stereocenters. The molecule has 1 aromatic heterocycles. The predicted octanol–water partition coefficient (Wildman–Crippen LogP) is 3.26. The van der Waals surface area contributed by atoms with Gasteiger partial charge in [0.15, 0.2) is 0 Å². The van der Waals surface area contributed by atoms with Crippen LogP contribution in [0.2, 0.25) is 0 Å². The summed E-state index contributed by atoms with van der Waals surface area (Å²) >= 11 is 0. The number of nitrogens with one attached hydrogen (secondary N) is 1. The molecule has 1 heterocycles. The summed E-state index contributed by atoms with van der Waals surface area (Å²) in [5.74, 6) is -0.917. The van der Waals surface area contributed by atoms with Gasteiger partial charge in [-0.25, -0.2) is 4.79 Å². The molecule has 2 aromatic rings. The van der Waals surface area contributed by atoms with E-state index in [0.29, 0.717) is 0 Å². The molecule has 1 aliphatic carbocycles. The Kier molecular flexibility index (Phi) is 2.67. The summed E-state index contributed by atoms with van der Waals surface area (Å²) in [6.45, 7) is 0. The Morgan fingerprint density at radius 1 is 1.06 bits per heavy atom. The molecular weight excluding hydrogens is 226 g/mol. The number of benzene rings is 1. The molecule has 0 aliphatic heterocycles. The zero-order chi connectivity index (χ0) is 12.5. The number of carbonyl (C=O) groups is 1. The van der Waals surface area contributed by atoms with E-state index >= 15 is 0 Å². The second-order valence-electron chi connectivity index (χ2n) is 4.78. The van der Waals surface area contributed by atoms with Gasteiger partial charge in [0.1, 0.15) is 5.69 Å². The second kappa shape index (κ2) is 4.33. The van der Waals surface area contributed by atoms with Crippen LogP contribution >= 0.6 is 0 Å². The van der Waals surface area contributed by atoms with E-state index in [1.807, 2.05) is 6.07 Å². The van der Waals surface area contributed by atoms with Gasteiger partial charge in [-0.15, -0.1) is 0 Å². The molecule has 0 saturated carbocycles. The van der Waals surface area contributed by atoms with Gasteiger partial charge < -0.3 is 10.1 Å². The third kappa shape index (κ3) is 1.92. The summed E-state index contributed by atoms with van der Waals surface area (Å²) in [5.41, 5.74) is 5.03. The molecule has 18 heavy (non-hydrogen) atoms. The van der Waals surface area contributed by atoms with Gasteiger partial charge in [-0.3, -0.25) is 0 Å². The maximum absolute atomic E-state index is 10.8. The van der Waals surface area contributed by atoms with Crippen LogP contribution in [0.15, 0.2) is 30.3 Å². The smallest absolute Gasteiger partial charge is 0.352 e. The molecule has 0 spiro atoms. The fourth-order valence-corrected chi connectivity index (χ4v) is 2.59. The molecule has 1 aromatic carbocycles. The molecule has 0 radical (unpaired) electrons.